The Morgan fingerprint density at radius 3 is 2.59 bits per heavy atom. The number of amides is 1. The molecule has 0 unspecified atom stereocenters. The lowest BCUT2D eigenvalue weighted by Crippen LogP contribution is -2.15. The van der Waals surface area contributed by atoms with Crippen molar-refractivity contribution in [3.05, 3.63) is 84.3 Å². The molecule has 34 heavy (non-hydrogen) atoms. The summed E-state index contributed by atoms with van der Waals surface area (Å²) in [6.07, 6.45) is 3.19. The monoisotopic (exact) mass is 464 g/mol. The van der Waals surface area contributed by atoms with E-state index in [2.05, 4.69) is 31.3 Å². The van der Waals surface area contributed by atoms with Crippen molar-refractivity contribution in [2.75, 3.05) is 12.4 Å². The molecule has 0 spiro atoms. The van der Waals surface area contributed by atoms with Gasteiger partial charge in [-0.2, -0.15) is 10.2 Å². The topological polar surface area (TPSA) is 114 Å². The highest BCUT2D eigenvalue weighted by Crippen LogP contribution is 2.32. The molecule has 0 saturated heterocycles. The van der Waals surface area contributed by atoms with E-state index in [0.717, 1.165) is 11.1 Å². The predicted octanol–water partition coefficient (Wildman–Crippen LogP) is 4.95. The first kappa shape index (κ1) is 21.2. The van der Waals surface area contributed by atoms with Crippen LogP contribution in [0.25, 0.3) is 32.9 Å². The average Bonchev–Trinajstić information content (AvgIpc) is 3.30. The van der Waals surface area contributed by atoms with E-state index in [1.54, 1.807) is 37.7 Å². The maximum Gasteiger partial charge on any atom is 0.276 e. The number of para-hydroxylation sites is 1. The zero-order chi connectivity index (χ0) is 23.5. The van der Waals surface area contributed by atoms with Crippen molar-refractivity contribution in [2.24, 2.45) is 0 Å². The Morgan fingerprint density at radius 2 is 1.79 bits per heavy atom. The van der Waals surface area contributed by atoms with Gasteiger partial charge in [-0.3, -0.25) is 15.1 Å². The third-order valence-electron chi connectivity index (χ3n) is 5.07. The minimum absolute atomic E-state index is 0.255. The van der Waals surface area contributed by atoms with E-state index in [0.29, 0.717) is 38.2 Å². The van der Waals surface area contributed by atoms with Crippen molar-refractivity contribution >= 4 is 32.9 Å². The Morgan fingerprint density at radius 1 is 1.00 bits per heavy atom. The quantitative estimate of drug-likeness (QED) is 0.391. The summed E-state index contributed by atoms with van der Waals surface area (Å²) in [5.41, 5.74) is 4.17. The highest BCUT2D eigenvalue weighted by atomic mass is 32.1. The van der Waals surface area contributed by atoms with Gasteiger partial charge >= 0.3 is 0 Å². The Balaban J connectivity index is 1.44. The van der Waals surface area contributed by atoms with Gasteiger partial charge in [-0.25, -0.2) is 9.97 Å². The molecule has 5 aromatic rings. The van der Waals surface area contributed by atoms with Gasteiger partial charge in [0.25, 0.3) is 5.91 Å². The Kier molecular flexibility index (Phi) is 5.64. The van der Waals surface area contributed by atoms with E-state index in [-0.39, 0.29) is 5.69 Å². The largest absolute Gasteiger partial charge is 0.496 e. The second-order valence-electron chi connectivity index (χ2n) is 7.15. The van der Waals surface area contributed by atoms with Crippen molar-refractivity contribution in [1.82, 2.24) is 19.9 Å². The average molecular weight is 465 g/mol. The molecule has 0 atom stereocenters. The SMILES string of the molecule is COc1ccccc1-c1cccnc1C(=O)Nc1nc2ncc(-c3ccc(C#N)cc3)nc2s1. The van der Waals surface area contributed by atoms with Gasteiger partial charge in [0.1, 0.15) is 11.4 Å². The van der Waals surface area contributed by atoms with Crippen LogP contribution in [0.4, 0.5) is 5.13 Å². The number of pyridine rings is 1. The molecule has 0 radical (unpaired) electrons. The first-order valence-electron chi connectivity index (χ1n) is 10.2. The molecule has 1 N–H and O–H groups in total. The summed E-state index contributed by atoms with van der Waals surface area (Å²) in [7, 11) is 1.59. The number of fused-ring (bicyclic) bond motifs is 1. The number of anilines is 1. The van der Waals surface area contributed by atoms with E-state index in [9.17, 15) is 4.79 Å². The molecule has 3 aromatic heterocycles. The number of hydrogen-bond acceptors (Lipinski definition) is 8. The van der Waals surface area contributed by atoms with Crippen LogP contribution in [0.3, 0.4) is 0 Å². The molecule has 9 heteroatoms. The maximum absolute atomic E-state index is 13.1. The second-order valence-corrected chi connectivity index (χ2v) is 8.12. The van der Waals surface area contributed by atoms with Gasteiger partial charge in [-0.05, 0) is 24.3 Å². The number of benzene rings is 2. The zero-order valence-electron chi connectivity index (χ0n) is 17.9. The molecular weight excluding hydrogens is 448 g/mol. The van der Waals surface area contributed by atoms with Gasteiger partial charge in [-0.15, -0.1) is 0 Å². The third-order valence-corrected chi connectivity index (χ3v) is 5.93. The van der Waals surface area contributed by atoms with Crippen LogP contribution in [0, 0.1) is 11.3 Å². The summed E-state index contributed by atoms with van der Waals surface area (Å²) >= 11 is 1.22. The number of hydrogen-bond donors (Lipinski definition) is 1. The van der Waals surface area contributed by atoms with Crippen LogP contribution < -0.4 is 10.1 Å². The first-order chi connectivity index (χ1) is 16.7. The van der Waals surface area contributed by atoms with Gasteiger partial charge in [0.15, 0.2) is 15.6 Å². The predicted molar refractivity (Wildman–Crippen MR) is 130 cm³/mol. The van der Waals surface area contributed by atoms with Crippen LogP contribution in [-0.2, 0) is 0 Å². The lowest BCUT2D eigenvalue weighted by atomic mass is 10.0. The Bertz CT molecular complexity index is 1560. The number of carbonyl (C=O) groups excluding carboxylic acids is 1. The number of thiazole rings is 1. The summed E-state index contributed by atoms with van der Waals surface area (Å²) in [5.74, 6) is 0.251. The number of nitrogens with zero attached hydrogens (tertiary/aromatic N) is 5. The van der Waals surface area contributed by atoms with Crippen molar-refractivity contribution < 1.29 is 9.53 Å². The van der Waals surface area contributed by atoms with E-state index >= 15 is 0 Å². The maximum atomic E-state index is 13.1. The van der Waals surface area contributed by atoms with Crippen molar-refractivity contribution in [2.45, 2.75) is 0 Å². The van der Waals surface area contributed by atoms with E-state index < -0.39 is 5.91 Å². The number of rotatable bonds is 5. The summed E-state index contributed by atoms with van der Waals surface area (Å²) in [6, 6.07) is 20.2. The number of aromatic nitrogens is 4. The molecular formula is C25H16N6O2S. The first-order valence-corrected chi connectivity index (χ1v) is 11.0. The number of ether oxygens (including phenoxy) is 1. The minimum atomic E-state index is -0.395. The standard InChI is InChI=1S/C25H16N6O2S/c1-33-20-7-3-2-5-17(20)18-6-4-12-27-21(18)23(32)31-25-30-22-24(34-25)29-19(14-28-22)16-10-8-15(13-26)9-11-16/h2-12,14H,1H3,(H,28,30,31,32). The van der Waals surface area contributed by atoms with Gasteiger partial charge < -0.3 is 4.74 Å². The van der Waals surface area contributed by atoms with E-state index in [4.69, 9.17) is 10.00 Å². The molecule has 0 saturated carbocycles. The van der Waals surface area contributed by atoms with Crippen molar-refractivity contribution in [3.8, 4) is 34.2 Å². The molecule has 164 valence electrons. The molecule has 0 aliphatic heterocycles. The van der Waals surface area contributed by atoms with Crippen LogP contribution in [-0.4, -0.2) is 33.0 Å². The second kappa shape index (κ2) is 9.05. The zero-order valence-corrected chi connectivity index (χ0v) is 18.7. The van der Waals surface area contributed by atoms with Crippen molar-refractivity contribution in [3.63, 3.8) is 0 Å². The third kappa shape index (κ3) is 4.05. The molecule has 0 aliphatic carbocycles. The van der Waals surface area contributed by atoms with E-state index in [1.807, 2.05) is 42.5 Å². The van der Waals surface area contributed by atoms with Gasteiger partial charge in [0.2, 0.25) is 0 Å². The summed E-state index contributed by atoms with van der Waals surface area (Å²) in [5, 5.41) is 12.2. The molecule has 5 rings (SSSR count). The smallest absolute Gasteiger partial charge is 0.276 e. The minimum Gasteiger partial charge on any atom is -0.496 e. The van der Waals surface area contributed by atoms with Gasteiger partial charge in [0.05, 0.1) is 30.6 Å². The molecule has 2 aromatic carbocycles. The number of carbonyl (C=O) groups is 1. The fraction of sp³-hybridized carbons (Fsp3) is 0.0400. The summed E-state index contributed by atoms with van der Waals surface area (Å²) in [4.78, 5) is 31.4. The van der Waals surface area contributed by atoms with Crippen LogP contribution in [0.2, 0.25) is 0 Å². The fourth-order valence-corrected chi connectivity index (χ4v) is 4.25. The Hall–Kier alpha value is -4.68. The molecule has 1 amide bonds. The normalized spacial score (nSPS) is 10.6. The molecule has 3 heterocycles. The molecule has 0 aliphatic rings. The highest BCUT2D eigenvalue weighted by Gasteiger charge is 2.19. The van der Waals surface area contributed by atoms with Crippen LogP contribution in [0.15, 0.2) is 73.1 Å². The molecule has 0 bridgehead atoms. The molecule has 0 fully saturated rings. The fourth-order valence-electron chi connectivity index (χ4n) is 3.46. The lowest BCUT2D eigenvalue weighted by molar-refractivity contribution is 0.102. The molecule has 8 nitrogen and oxygen atoms in total. The van der Waals surface area contributed by atoms with Crippen molar-refractivity contribution in [1.29, 1.82) is 5.26 Å². The van der Waals surface area contributed by atoms with Gasteiger partial charge in [0, 0.05) is 22.9 Å². The summed E-state index contributed by atoms with van der Waals surface area (Å²) < 4.78 is 5.45. The van der Waals surface area contributed by atoms with Crippen LogP contribution >= 0.6 is 11.3 Å². The Labute approximate surface area is 198 Å². The number of nitriles is 1. The van der Waals surface area contributed by atoms with Gasteiger partial charge in [-0.1, -0.05) is 47.7 Å². The number of nitrogens with one attached hydrogen (secondary N) is 1. The van der Waals surface area contributed by atoms with Crippen LogP contribution in [0.5, 0.6) is 5.75 Å². The summed E-state index contributed by atoms with van der Waals surface area (Å²) in [6.45, 7) is 0. The number of methoxy groups -OCH3 is 1. The lowest BCUT2D eigenvalue weighted by Gasteiger charge is -2.11. The van der Waals surface area contributed by atoms with Crippen LogP contribution in [0.1, 0.15) is 16.1 Å². The van der Waals surface area contributed by atoms with E-state index in [1.165, 1.54) is 11.3 Å². The highest BCUT2D eigenvalue weighted by molar-refractivity contribution is 7.21.